The highest BCUT2D eigenvalue weighted by molar-refractivity contribution is 7.92. The molecule has 3 fully saturated rings. The first kappa shape index (κ1) is 23.1. The number of carbonyl (C=O) groups excluding carboxylic acids is 1. The molecule has 5 nitrogen and oxygen atoms in total. The highest BCUT2D eigenvalue weighted by Crippen LogP contribution is 2.51. The van der Waals surface area contributed by atoms with Crippen molar-refractivity contribution in [3.8, 4) is 5.75 Å². The number of aryl methyl sites for hydroxylation is 1. The third-order valence-electron chi connectivity index (χ3n) is 8.87. The maximum atomic E-state index is 14.2. The zero-order valence-corrected chi connectivity index (χ0v) is 21.3. The third kappa shape index (κ3) is 4.39. The van der Waals surface area contributed by atoms with Gasteiger partial charge in [-0.25, -0.2) is 8.42 Å². The second kappa shape index (κ2) is 8.95. The molecule has 2 aromatic rings. The monoisotopic (exact) mass is 493 g/mol. The van der Waals surface area contributed by atoms with E-state index in [2.05, 4.69) is 23.1 Å². The maximum Gasteiger partial charge on any atom is 0.227 e. The van der Waals surface area contributed by atoms with Crippen LogP contribution in [0.1, 0.15) is 61.6 Å². The van der Waals surface area contributed by atoms with Crippen LogP contribution in [0.3, 0.4) is 0 Å². The fourth-order valence-corrected chi connectivity index (χ4v) is 8.72. The summed E-state index contributed by atoms with van der Waals surface area (Å²) < 4.78 is 33.0. The Bertz CT molecular complexity index is 1220. The minimum absolute atomic E-state index is 0.0358. The van der Waals surface area contributed by atoms with Crippen LogP contribution in [0.5, 0.6) is 5.75 Å². The van der Waals surface area contributed by atoms with Gasteiger partial charge in [0.2, 0.25) is 5.91 Å². The minimum Gasteiger partial charge on any atom is -0.493 e. The van der Waals surface area contributed by atoms with Gasteiger partial charge in [-0.1, -0.05) is 36.2 Å². The lowest BCUT2D eigenvalue weighted by Crippen LogP contribution is -2.47. The van der Waals surface area contributed by atoms with Crippen LogP contribution in [0.25, 0.3) is 0 Å². The third-order valence-corrected chi connectivity index (χ3v) is 11.2. The highest BCUT2D eigenvalue weighted by atomic mass is 32.2. The minimum atomic E-state index is -3.56. The molecule has 4 aliphatic rings. The van der Waals surface area contributed by atoms with Gasteiger partial charge in [0.15, 0.2) is 9.84 Å². The molecule has 6 rings (SSSR count). The summed E-state index contributed by atoms with van der Waals surface area (Å²) in [5.41, 5.74) is 3.33. The first-order valence-electron chi connectivity index (χ1n) is 13.3. The number of nitrogens with zero attached hydrogens (tertiary/aromatic N) is 1. The molecule has 0 bridgehead atoms. The summed E-state index contributed by atoms with van der Waals surface area (Å²) in [7, 11) is -3.56. The Morgan fingerprint density at radius 1 is 1.00 bits per heavy atom. The van der Waals surface area contributed by atoms with E-state index in [1.807, 2.05) is 19.1 Å². The largest absolute Gasteiger partial charge is 0.493 e. The Kier molecular flexibility index (Phi) is 5.90. The van der Waals surface area contributed by atoms with E-state index in [-0.39, 0.29) is 11.9 Å². The molecule has 3 aliphatic carbocycles. The Balaban J connectivity index is 1.28. The van der Waals surface area contributed by atoms with Crippen LogP contribution in [0.15, 0.2) is 47.4 Å². The van der Waals surface area contributed by atoms with Gasteiger partial charge in [-0.3, -0.25) is 4.79 Å². The average molecular weight is 494 g/mol. The van der Waals surface area contributed by atoms with Crippen LogP contribution < -0.4 is 4.74 Å². The molecule has 186 valence electrons. The second-order valence-electron chi connectivity index (χ2n) is 11.2. The lowest BCUT2D eigenvalue weighted by Gasteiger charge is -2.37. The molecule has 1 heterocycles. The van der Waals surface area contributed by atoms with Gasteiger partial charge in [0.1, 0.15) is 5.75 Å². The summed E-state index contributed by atoms with van der Waals surface area (Å²) >= 11 is 0. The van der Waals surface area contributed by atoms with Crippen molar-refractivity contribution in [2.75, 3.05) is 6.61 Å². The van der Waals surface area contributed by atoms with Gasteiger partial charge in [0, 0.05) is 19.0 Å². The summed E-state index contributed by atoms with van der Waals surface area (Å²) in [5, 5.41) is -0.638. The van der Waals surface area contributed by atoms with Gasteiger partial charge in [-0.2, -0.15) is 0 Å². The normalized spacial score (nSPS) is 29.2. The van der Waals surface area contributed by atoms with Crippen LogP contribution in [0.2, 0.25) is 0 Å². The molecule has 3 saturated carbocycles. The van der Waals surface area contributed by atoms with Crippen molar-refractivity contribution in [2.24, 2.45) is 17.8 Å². The van der Waals surface area contributed by atoms with E-state index in [0.29, 0.717) is 30.9 Å². The van der Waals surface area contributed by atoms with Crippen LogP contribution in [-0.2, 0) is 27.6 Å². The molecule has 0 saturated heterocycles. The van der Waals surface area contributed by atoms with Crippen LogP contribution in [-0.4, -0.2) is 37.1 Å². The summed E-state index contributed by atoms with van der Waals surface area (Å²) in [6.45, 7) is 3.20. The fourth-order valence-electron chi connectivity index (χ4n) is 6.70. The lowest BCUT2D eigenvalue weighted by atomic mass is 9.92. The number of hydrogen-bond donors (Lipinski definition) is 0. The predicted octanol–water partition coefficient (Wildman–Crippen LogP) is 5.09. The Hall–Kier alpha value is -2.34. The summed E-state index contributed by atoms with van der Waals surface area (Å²) in [4.78, 5) is 16.6. The number of fused-ring (bicyclic) bond motifs is 2. The lowest BCUT2D eigenvalue weighted by molar-refractivity contribution is -0.139. The first-order chi connectivity index (χ1) is 16.9. The molecule has 1 amide bonds. The van der Waals surface area contributed by atoms with E-state index in [9.17, 15) is 13.2 Å². The summed E-state index contributed by atoms with van der Waals surface area (Å²) in [6.07, 6.45) is 7.48. The van der Waals surface area contributed by atoms with Gasteiger partial charge in [0.05, 0.1) is 22.7 Å². The zero-order valence-electron chi connectivity index (χ0n) is 20.5. The zero-order chi connectivity index (χ0) is 24.2. The van der Waals surface area contributed by atoms with Crippen LogP contribution in [0, 0.1) is 24.7 Å². The molecule has 2 aromatic carbocycles. The number of benzene rings is 2. The molecule has 3 unspecified atom stereocenters. The molecule has 6 heteroatoms. The van der Waals surface area contributed by atoms with Crippen molar-refractivity contribution in [1.29, 1.82) is 0 Å². The quantitative estimate of drug-likeness (QED) is 0.562. The summed E-state index contributed by atoms with van der Waals surface area (Å²) in [5.74, 6) is 2.08. The van der Waals surface area contributed by atoms with Crippen LogP contribution >= 0.6 is 0 Å². The molecule has 0 N–H and O–H groups in total. The molecular formula is C29H35NO4S. The first-order valence-corrected chi connectivity index (χ1v) is 14.8. The number of carbonyl (C=O) groups is 1. The van der Waals surface area contributed by atoms with E-state index >= 15 is 0 Å². The second-order valence-corrected chi connectivity index (χ2v) is 13.3. The SMILES string of the molecule is Cc1ccc(S(=O)(=O)[C@@H]2CCC[C@H]2C(=O)N(Cc2ccc3c(c2)OCC3)C2CCC3CC3C2)cc1. The Morgan fingerprint density at radius 2 is 1.83 bits per heavy atom. The van der Waals surface area contributed by atoms with Crippen molar-refractivity contribution in [3.05, 3.63) is 59.2 Å². The van der Waals surface area contributed by atoms with E-state index in [0.717, 1.165) is 54.4 Å². The van der Waals surface area contributed by atoms with E-state index in [4.69, 9.17) is 4.74 Å². The number of sulfone groups is 1. The molecular weight excluding hydrogens is 458 g/mol. The molecule has 0 radical (unpaired) electrons. The maximum absolute atomic E-state index is 14.2. The van der Waals surface area contributed by atoms with E-state index < -0.39 is 21.0 Å². The summed E-state index contributed by atoms with van der Waals surface area (Å²) in [6, 6.07) is 13.6. The van der Waals surface area contributed by atoms with Gasteiger partial charge < -0.3 is 9.64 Å². The standard InChI is InChI=1S/C29H35NO4S/c1-19-5-11-25(12-6-19)35(32,33)28-4-2-3-26(28)29(31)30(24-10-9-22-16-23(22)17-24)18-20-7-8-21-13-14-34-27(21)15-20/h5-8,11-12,15,22-24,26,28H,2-4,9-10,13-14,16-18H2,1H3/t22?,23?,24?,26-,28-/m1/s1. The van der Waals surface area contributed by atoms with Gasteiger partial charge >= 0.3 is 0 Å². The van der Waals surface area contributed by atoms with Gasteiger partial charge in [-0.05, 0) is 86.6 Å². The van der Waals surface area contributed by atoms with Gasteiger partial charge in [-0.15, -0.1) is 0 Å². The molecule has 1 aliphatic heterocycles. The molecule has 0 aromatic heterocycles. The predicted molar refractivity (Wildman–Crippen MR) is 135 cm³/mol. The number of hydrogen-bond acceptors (Lipinski definition) is 4. The average Bonchev–Trinajstić information content (AvgIpc) is 3.22. The number of rotatable bonds is 6. The molecule has 35 heavy (non-hydrogen) atoms. The topological polar surface area (TPSA) is 63.7 Å². The Morgan fingerprint density at radius 3 is 2.63 bits per heavy atom. The van der Waals surface area contributed by atoms with Crippen molar-refractivity contribution in [2.45, 2.75) is 81.0 Å². The fraction of sp³-hybridized carbons (Fsp3) is 0.552. The Labute approximate surface area is 208 Å². The van der Waals surface area contributed by atoms with Crippen molar-refractivity contribution in [1.82, 2.24) is 4.90 Å². The van der Waals surface area contributed by atoms with E-state index in [1.54, 1.807) is 12.1 Å². The van der Waals surface area contributed by atoms with E-state index in [1.165, 1.54) is 18.4 Å². The molecule has 5 atom stereocenters. The number of ether oxygens (including phenoxy) is 1. The van der Waals surface area contributed by atoms with Gasteiger partial charge in [0.25, 0.3) is 0 Å². The van der Waals surface area contributed by atoms with Crippen molar-refractivity contribution >= 4 is 15.7 Å². The molecule has 0 spiro atoms. The smallest absolute Gasteiger partial charge is 0.227 e. The van der Waals surface area contributed by atoms with Crippen molar-refractivity contribution in [3.63, 3.8) is 0 Å². The van der Waals surface area contributed by atoms with Crippen LogP contribution in [0.4, 0.5) is 0 Å². The highest BCUT2D eigenvalue weighted by Gasteiger charge is 2.48. The van der Waals surface area contributed by atoms with Crippen molar-refractivity contribution < 1.29 is 17.9 Å². The number of amides is 1.